The van der Waals surface area contributed by atoms with Crippen molar-refractivity contribution in [3.05, 3.63) is 64.3 Å². The molecular weight excluding hydrogens is 774 g/mol. The van der Waals surface area contributed by atoms with Crippen molar-refractivity contribution in [1.29, 1.82) is 0 Å². The molecule has 3 aromatic heterocycles. The second-order valence-electron chi connectivity index (χ2n) is 16.7. The molecule has 0 saturated carbocycles. The van der Waals surface area contributed by atoms with E-state index < -0.39 is 29.8 Å². The van der Waals surface area contributed by atoms with Crippen LogP contribution in [-0.2, 0) is 19.0 Å². The first-order chi connectivity index (χ1) is 26.9. The highest BCUT2D eigenvalue weighted by Crippen LogP contribution is 2.45. The van der Waals surface area contributed by atoms with Crippen molar-refractivity contribution in [2.75, 3.05) is 32.8 Å². The van der Waals surface area contributed by atoms with Gasteiger partial charge in [0.2, 0.25) is 0 Å². The van der Waals surface area contributed by atoms with Gasteiger partial charge in [0.15, 0.2) is 6.10 Å². The van der Waals surface area contributed by atoms with Crippen molar-refractivity contribution in [2.45, 2.75) is 104 Å². The lowest BCUT2D eigenvalue weighted by Gasteiger charge is -2.47. The fraction of sp³-hybridized carbons (Fsp3) is 0.500. The van der Waals surface area contributed by atoms with Gasteiger partial charge in [-0.15, -0.1) is 11.3 Å². The Bertz CT molecular complexity index is 2290. The number of amides is 1. The van der Waals surface area contributed by atoms with E-state index >= 15 is 0 Å². The minimum Gasteiger partial charge on any atom is -0.464 e. The first kappa shape index (κ1) is 40.9. The monoisotopic (exact) mass is 822 g/mol. The van der Waals surface area contributed by atoms with Gasteiger partial charge in [-0.1, -0.05) is 23.7 Å². The Balaban J connectivity index is 1.23. The molecule has 0 unspecified atom stereocenters. The van der Waals surface area contributed by atoms with Crippen LogP contribution in [0.4, 0.5) is 13.6 Å². The van der Waals surface area contributed by atoms with Crippen LogP contribution in [0.25, 0.3) is 43.1 Å². The normalized spacial score (nSPS) is 16.7. The van der Waals surface area contributed by atoms with Crippen molar-refractivity contribution in [1.82, 2.24) is 29.5 Å². The molecule has 0 bridgehead atoms. The molecule has 1 amide bonds. The third kappa shape index (κ3) is 8.64. The summed E-state index contributed by atoms with van der Waals surface area (Å²) in [7, 11) is 0. The number of alkyl halides is 2. The summed E-state index contributed by atoms with van der Waals surface area (Å²) < 4.78 is 47.9. The van der Waals surface area contributed by atoms with E-state index in [0.29, 0.717) is 51.1 Å². The lowest BCUT2D eigenvalue weighted by Crippen LogP contribution is -2.62. The molecule has 1 atom stereocenters. The summed E-state index contributed by atoms with van der Waals surface area (Å²) in [5.74, 6) is -0.569. The molecular formula is C42H49ClF2N6O5S. The van der Waals surface area contributed by atoms with Crippen molar-refractivity contribution < 1.29 is 32.6 Å². The number of nitrogens with zero attached hydrogens (tertiary/aromatic N) is 6. The number of thiazole rings is 1. The van der Waals surface area contributed by atoms with Crippen LogP contribution < -0.4 is 0 Å². The average Bonchev–Trinajstić information content (AvgIpc) is 3.71. The Hall–Kier alpha value is -4.24. The number of hydrogen-bond acceptors (Lipinski definition) is 10. The standard InChI is InChI=1S/C42H49ClF2N6O5S/c1-9-54-38(52)35(55-41(3,4)5)31-23(2)20-29-36(32(31)24-10-12-26(43)13-11-24)57-37(47-29)28-14-15-30-34(46-28)33(48-51(30)39(44)45)25-16-18-49(19-17-25)27-21-50(22-27)40(53)56-42(6,7)8/h10-15,20,25,27,35,39H,9,16-19,21-22H2,1-8H3/t35-/m0/s1. The third-order valence-corrected chi connectivity index (χ3v) is 11.6. The zero-order valence-corrected chi connectivity index (χ0v) is 35.1. The summed E-state index contributed by atoms with van der Waals surface area (Å²) in [4.78, 5) is 40.2. The lowest BCUT2D eigenvalue weighted by molar-refractivity contribution is -0.166. The quantitative estimate of drug-likeness (QED) is 0.134. The van der Waals surface area contributed by atoms with Crippen molar-refractivity contribution in [2.24, 2.45) is 0 Å². The Morgan fingerprint density at radius 3 is 2.28 bits per heavy atom. The van der Waals surface area contributed by atoms with Crippen molar-refractivity contribution in [3.8, 4) is 21.8 Å². The van der Waals surface area contributed by atoms with Gasteiger partial charge in [-0.05, 0) is 123 Å². The topological polar surface area (TPSA) is 112 Å². The summed E-state index contributed by atoms with van der Waals surface area (Å²) in [5, 5.41) is 5.62. The van der Waals surface area contributed by atoms with Crippen LogP contribution in [0, 0.1) is 6.92 Å². The van der Waals surface area contributed by atoms with Crippen LogP contribution in [0.3, 0.4) is 0 Å². The van der Waals surface area contributed by atoms with Gasteiger partial charge < -0.3 is 19.1 Å². The Kier molecular flexibility index (Phi) is 11.4. The molecule has 57 heavy (non-hydrogen) atoms. The van der Waals surface area contributed by atoms with Gasteiger partial charge in [-0.2, -0.15) is 13.9 Å². The second kappa shape index (κ2) is 15.8. The zero-order chi connectivity index (χ0) is 41.0. The molecule has 304 valence electrons. The summed E-state index contributed by atoms with van der Waals surface area (Å²) >= 11 is 7.73. The number of aromatic nitrogens is 4. The predicted molar refractivity (Wildman–Crippen MR) is 218 cm³/mol. The molecule has 7 rings (SSSR count). The molecule has 0 aliphatic carbocycles. The molecule has 0 N–H and O–H groups in total. The fourth-order valence-electron chi connectivity index (χ4n) is 7.64. The summed E-state index contributed by atoms with van der Waals surface area (Å²) in [6.45, 7) is 15.0. The van der Waals surface area contributed by atoms with Crippen molar-refractivity contribution >= 4 is 56.3 Å². The zero-order valence-electron chi connectivity index (χ0n) is 33.6. The second-order valence-corrected chi connectivity index (χ2v) is 18.2. The first-order valence-electron chi connectivity index (χ1n) is 19.3. The van der Waals surface area contributed by atoms with Gasteiger partial charge in [0, 0.05) is 41.2 Å². The molecule has 2 aromatic carbocycles. The van der Waals surface area contributed by atoms with Gasteiger partial charge in [-0.25, -0.2) is 24.2 Å². The van der Waals surface area contributed by atoms with E-state index in [1.807, 2.05) is 66.7 Å². The maximum atomic E-state index is 14.4. The minimum absolute atomic E-state index is 0.0757. The number of hydrogen-bond donors (Lipinski definition) is 0. The van der Waals surface area contributed by atoms with Crippen LogP contribution in [0.15, 0.2) is 42.5 Å². The van der Waals surface area contributed by atoms with E-state index in [1.54, 1.807) is 36.1 Å². The summed E-state index contributed by atoms with van der Waals surface area (Å²) in [5.41, 5.74) is 4.29. The van der Waals surface area contributed by atoms with E-state index in [0.717, 1.165) is 52.0 Å². The van der Waals surface area contributed by atoms with Gasteiger partial charge in [0.05, 0.1) is 39.3 Å². The highest BCUT2D eigenvalue weighted by molar-refractivity contribution is 7.22. The van der Waals surface area contributed by atoms with Crippen molar-refractivity contribution in [3.63, 3.8) is 0 Å². The molecule has 15 heteroatoms. The Morgan fingerprint density at radius 1 is 0.982 bits per heavy atom. The van der Waals surface area contributed by atoms with E-state index in [-0.39, 0.29) is 30.2 Å². The summed E-state index contributed by atoms with van der Waals surface area (Å²) in [6, 6.07) is 12.9. The van der Waals surface area contributed by atoms with Crippen LogP contribution in [0.1, 0.15) is 96.7 Å². The maximum Gasteiger partial charge on any atom is 0.410 e. The number of fused-ring (bicyclic) bond motifs is 2. The number of rotatable bonds is 9. The van der Waals surface area contributed by atoms with Gasteiger partial charge in [0.25, 0.3) is 0 Å². The number of carbonyl (C=O) groups is 2. The first-order valence-corrected chi connectivity index (χ1v) is 20.5. The Labute approximate surface area is 340 Å². The van der Waals surface area contributed by atoms with E-state index in [1.165, 1.54) is 11.3 Å². The summed E-state index contributed by atoms with van der Waals surface area (Å²) in [6.07, 6.45) is 0.105. The number of likely N-dealkylation sites (tertiary alicyclic amines) is 2. The molecule has 0 radical (unpaired) electrons. The smallest absolute Gasteiger partial charge is 0.410 e. The molecule has 0 spiro atoms. The highest BCUT2D eigenvalue weighted by atomic mass is 35.5. The largest absolute Gasteiger partial charge is 0.464 e. The average molecular weight is 823 g/mol. The number of benzene rings is 2. The fourth-order valence-corrected chi connectivity index (χ4v) is 8.86. The molecule has 2 aliphatic rings. The number of esters is 1. The highest BCUT2D eigenvalue weighted by Gasteiger charge is 2.39. The molecule has 2 saturated heterocycles. The van der Waals surface area contributed by atoms with Gasteiger partial charge in [0.1, 0.15) is 16.1 Å². The number of ether oxygens (including phenoxy) is 3. The SMILES string of the molecule is CCOC(=O)[C@@H](OC(C)(C)C)c1c(C)cc2nc(-c3ccc4c(n3)c(C3CCN(C5CN(C(=O)OC(C)(C)C)C5)CC3)nn4C(F)F)sc2c1-c1ccc(Cl)cc1. The van der Waals surface area contributed by atoms with E-state index in [9.17, 15) is 18.4 Å². The number of pyridine rings is 1. The maximum absolute atomic E-state index is 14.4. The lowest BCUT2D eigenvalue weighted by atomic mass is 9.91. The minimum atomic E-state index is -2.84. The Morgan fingerprint density at radius 2 is 1.67 bits per heavy atom. The van der Waals surface area contributed by atoms with E-state index in [4.69, 9.17) is 35.8 Å². The van der Waals surface area contributed by atoms with E-state index in [2.05, 4.69) is 10.00 Å². The number of piperidine rings is 1. The van der Waals surface area contributed by atoms with Crippen LogP contribution in [-0.4, -0.2) is 91.6 Å². The third-order valence-electron chi connectivity index (χ3n) is 10.2. The number of halogens is 3. The molecule has 2 fully saturated rings. The van der Waals surface area contributed by atoms with Crippen LogP contribution >= 0.6 is 22.9 Å². The number of aryl methyl sites for hydroxylation is 1. The number of carbonyl (C=O) groups excluding carboxylic acids is 2. The van der Waals surface area contributed by atoms with Crippen LogP contribution in [0.5, 0.6) is 0 Å². The predicted octanol–water partition coefficient (Wildman–Crippen LogP) is 9.95. The van der Waals surface area contributed by atoms with Gasteiger partial charge in [-0.3, -0.25) is 4.90 Å². The van der Waals surface area contributed by atoms with Crippen LogP contribution in [0.2, 0.25) is 5.02 Å². The van der Waals surface area contributed by atoms with Gasteiger partial charge >= 0.3 is 18.6 Å². The molecule has 11 nitrogen and oxygen atoms in total. The molecule has 5 heterocycles. The molecule has 2 aliphatic heterocycles. The molecule has 5 aromatic rings.